The molecule has 5 heteroatoms. The molecule has 0 saturated carbocycles. The third-order valence-electron chi connectivity index (χ3n) is 1.63. The highest BCUT2D eigenvalue weighted by Gasteiger charge is 2.13. The molecule has 1 N–H and O–H groups in total. The smallest absolute Gasteiger partial charge is 0.328 e. The molecule has 0 aliphatic heterocycles. The number of aromatic nitrogens is 3. The maximum Gasteiger partial charge on any atom is 0.328 e. The SMILES string of the molecule is CCc1ncn(C(C)C(=O)O)n1. The molecule has 1 unspecified atom stereocenters. The summed E-state index contributed by atoms with van der Waals surface area (Å²) in [6.45, 7) is 3.49. The number of carboxylic acids is 1. The number of aryl methyl sites for hydroxylation is 1. The van der Waals surface area contributed by atoms with Gasteiger partial charge < -0.3 is 5.11 Å². The molecule has 1 aromatic rings. The number of carboxylic acid groups (broad SMARTS) is 1. The highest BCUT2D eigenvalue weighted by molar-refractivity contribution is 5.71. The molecule has 1 heterocycles. The Morgan fingerprint density at radius 1 is 1.83 bits per heavy atom. The predicted molar refractivity (Wildman–Crippen MR) is 41.7 cm³/mol. The van der Waals surface area contributed by atoms with Crippen molar-refractivity contribution in [2.45, 2.75) is 26.3 Å². The normalized spacial score (nSPS) is 12.8. The van der Waals surface area contributed by atoms with Crippen LogP contribution < -0.4 is 0 Å². The fourth-order valence-corrected chi connectivity index (χ4v) is 0.772. The summed E-state index contributed by atoms with van der Waals surface area (Å²) in [6.07, 6.45) is 2.16. The first kappa shape index (κ1) is 8.70. The van der Waals surface area contributed by atoms with Gasteiger partial charge in [-0.1, -0.05) is 6.92 Å². The van der Waals surface area contributed by atoms with Crippen molar-refractivity contribution in [3.8, 4) is 0 Å². The van der Waals surface area contributed by atoms with E-state index in [4.69, 9.17) is 5.11 Å². The van der Waals surface area contributed by atoms with Gasteiger partial charge in [-0.05, 0) is 6.92 Å². The summed E-state index contributed by atoms with van der Waals surface area (Å²) in [7, 11) is 0. The van der Waals surface area contributed by atoms with Crippen LogP contribution in [0, 0.1) is 0 Å². The predicted octanol–water partition coefficient (Wildman–Crippen LogP) is 0.486. The van der Waals surface area contributed by atoms with Gasteiger partial charge in [0.1, 0.15) is 18.2 Å². The first-order chi connectivity index (χ1) is 5.65. The van der Waals surface area contributed by atoms with Crippen molar-refractivity contribution < 1.29 is 9.90 Å². The summed E-state index contributed by atoms with van der Waals surface area (Å²) in [5.74, 6) is -0.231. The molecule has 0 aliphatic carbocycles. The minimum absolute atomic E-state index is 0.641. The molecule has 0 bridgehead atoms. The monoisotopic (exact) mass is 169 g/mol. The fourth-order valence-electron chi connectivity index (χ4n) is 0.772. The van der Waals surface area contributed by atoms with Crippen LogP contribution in [0.3, 0.4) is 0 Å². The van der Waals surface area contributed by atoms with Crippen LogP contribution in [0.4, 0.5) is 0 Å². The van der Waals surface area contributed by atoms with Gasteiger partial charge in [-0.25, -0.2) is 14.5 Å². The van der Waals surface area contributed by atoms with Crippen LogP contribution in [0.15, 0.2) is 6.33 Å². The highest BCUT2D eigenvalue weighted by Crippen LogP contribution is 2.02. The molecule has 0 spiro atoms. The summed E-state index contributed by atoms with van der Waals surface area (Å²) < 4.78 is 1.35. The Hall–Kier alpha value is -1.39. The minimum Gasteiger partial charge on any atom is -0.480 e. The summed E-state index contributed by atoms with van der Waals surface area (Å²) in [6, 6.07) is -0.641. The Morgan fingerprint density at radius 2 is 2.50 bits per heavy atom. The molecule has 1 atom stereocenters. The highest BCUT2D eigenvalue weighted by atomic mass is 16.4. The van der Waals surface area contributed by atoms with E-state index in [1.54, 1.807) is 6.92 Å². The van der Waals surface area contributed by atoms with E-state index in [1.807, 2.05) is 6.92 Å². The lowest BCUT2D eigenvalue weighted by molar-refractivity contribution is -0.140. The molecule has 0 aromatic carbocycles. The van der Waals surface area contributed by atoms with E-state index in [-0.39, 0.29) is 0 Å². The summed E-state index contributed by atoms with van der Waals surface area (Å²) >= 11 is 0. The zero-order valence-electron chi connectivity index (χ0n) is 7.06. The van der Waals surface area contributed by atoms with Gasteiger partial charge in [-0.15, -0.1) is 0 Å². The number of hydrogen-bond acceptors (Lipinski definition) is 3. The maximum absolute atomic E-state index is 10.5. The van der Waals surface area contributed by atoms with Gasteiger partial charge in [0.2, 0.25) is 0 Å². The molecule has 0 saturated heterocycles. The van der Waals surface area contributed by atoms with Crippen molar-refractivity contribution in [1.29, 1.82) is 0 Å². The van der Waals surface area contributed by atoms with Gasteiger partial charge in [0, 0.05) is 6.42 Å². The largest absolute Gasteiger partial charge is 0.480 e. The Balaban J connectivity index is 2.81. The lowest BCUT2D eigenvalue weighted by atomic mass is 10.4. The number of rotatable bonds is 3. The molecular formula is C7H11N3O2. The zero-order chi connectivity index (χ0) is 9.14. The van der Waals surface area contributed by atoms with Crippen molar-refractivity contribution in [1.82, 2.24) is 14.8 Å². The Kier molecular flexibility index (Phi) is 2.42. The average Bonchev–Trinajstić information content (AvgIpc) is 2.50. The van der Waals surface area contributed by atoms with Crippen molar-refractivity contribution >= 4 is 5.97 Å². The van der Waals surface area contributed by atoms with E-state index < -0.39 is 12.0 Å². The van der Waals surface area contributed by atoms with Crippen LogP contribution in [0.25, 0.3) is 0 Å². The van der Waals surface area contributed by atoms with Gasteiger partial charge in [-0.2, -0.15) is 5.10 Å². The average molecular weight is 169 g/mol. The number of hydrogen-bond donors (Lipinski definition) is 1. The standard InChI is InChI=1S/C7H11N3O2/c1-3-6-8-4-10(9-6)5(2)7(11)12/h4-5H,3H2,1-2H3,(H,11,12). The first-order valence-electron chi connectivity index (χ1n) is 3.78. The van der Waals surface area contributed by atoms with E-state index in [9.17, 15) is 4.79 Å². The van der Waals surface area contributed by atoms with Crippen LogP contribution >= 0.6 is 0 Å². The van der Waals surface area contributed by atoms with Gasteiger partial charge in [0.25, 0.3) is 0 Å². The first-order valence-corrected chi connectivity index (χ1v) is 3.78. The number of aliphatic carboxylic acids is 1. The topological polar surface area (TPSA) is 68.0 Å². The quantitative estimate of drug-likeness (QED) is 0.714. The van der Waals surface area contributed by atoms with Crippen molar-refractivity contribution in [2.24, 2.45) is 0 Å². The van der Waals surface area contributed by atoms with Crippen LogP contribution in [0.5, 0.6) is 0 Å². The van der Waals surface area contributed by atoms with E-state index in [1.165, 1.54) is 11.0 Å². The van der Waals surface area contributed by atoms with Crippen molar-refractivity contribution in [3.05, 3.63) is 12.2 Å². The van der Waals surface area contributed by atoms with Gasteiger partial charge >= 0.3 is 5.97 Å². The number of carbonyl (C=O) groups is 1. The molecule has 0 aliphatic rings. The Labute approximate surface area is 70.0 Å². The van der Waals surface area contributed by atoms with Gasteiger partial charge in [-0.3, -0.25) is 0 Å². The van der Waals surface area contributed by atoms with Crippen molar-refractivity contribution in [2.75, 3.05) is 0 Å². The molecule has 0 radical (unpaired) electrons. The fraction of sp³-hybridized carbons (Fsp3) is 0.571. The van der Waals surface area contributed by atoms with E-state index >= 15 is 0 Å². The van der Waals surface area contributed by atoms with Crippen LogP contribution in [0.2, 0.25) is 0 Å². The molecule has 1 rings (SSSR count). The molecule has 0 fully saturated rings. The van der Waals surface area contributed by atoms with Crippen molar-refractivity contribution in [3.63, 3.8) is 0 Å². The van der Waals surface area contributed by atoms with Gasteiger partial charge in [0.15, 0.2) is 0 Å². The Bertz CT molecular complexity index is 282. The van der Waals surface area contributed by atoms with Crippen LogP contribution in [-0.4, -0.2) is 25.8 Å². The molecule has 5 nitrogen and oxygen atoms in total. The summed E-state index contributed by atoms with van der Waals surface area (Å²) in [4.78, 5) is 14.4. The zero-order valence-corrected chi connectivity index (χ0v) is 7.06. The van der Waals surface area contributed by atoms with E-state index in [0.717, 1.165) is 6.42 Å². The lowest BCUT2D eigenvalue weighted by Gasteiger charge is -2.03. The second kappa shape index (κ2) is 3.34. The van der Waals surface area contributed by atoms with Gasteiger partial charge in [0.05, 0.1) is 0 Å². The van der Waals surface area contributed by atoms with Crippen LogP contribution in [-0.2, 0) is 11.2 Å². The molecular weight excluding hydrogens is 158 g/mol. The third kappa shape index (κ3) is 1.61. The molecule has 12 heavy (non-hydrogen) atoms. The second-order valence-electron chi connectivity index (χ2n) is 2.51. The van der Waals surface area contributed by atoms with E-state index in [0.29, 0.717) is 5.82 Å². The summed E-state index contributed by atoms with van der Waals surface area (Å²) in [5.41, 5.74) is 0. The Morgan fingerprint density at radius 3 is 2.92 bits per heavy atom. The number of nitrogens with zero attached hydrogens (tertiary/aromatic N) is 3. The van der Waals surface area contributed by atoms with E-state index in [2.05, 4.69) is 10.1 Å². The summed E-state index contributed by atoms with van der Waals surface area (Å²) in [5, 5.41) is 12.6. The maximum atomic E-state index is 10.5. The lowest BCUT2D eigenvalue weighted by Crippen LogP contribution is -2.16. The molecule has 66 valence electrons. The van der Waals surface area contributed by atoms with Crippen LogP contribution in [0.1, 0.15) is 25.7 Å². The second-order valence-corrected chi connectivity index (χ2v) is 2.51. The minimum atomic E-state index is -0.900. The third-order valence-corrected chi connectivity index (χ3v) is 1.63. The molecule has 1 aromatic heterocycles. The molecule has 0 amide bonds.